The van der Waals surface area contributed by atoms with Crippen LogP contribution >= 0.6 is 11.8 Å². The van der Waals surface area contributed by atoms with Gasteiger partial charge in [-0.3, -0.25) is 9.69 Å². The maximum absolute atomic E-state index is 13.1. The molecule has 2 aromatic rings. The fraction of sp³-hybridized carbons (Fsp3) is 0.360. The van der Waals surface area contributed by atoms with Gasteiger partial charge in [0.15, 0.2) is 16.7 Å². The molecular weight excluding hydrogens is 408 g/mol. The molecular formula is C25H30N2O3S. The van der Waals surface area contributed by atoms with Gasteiger partial charge in [0, 0.05) is 6.54 Å². The third kappa shape index (κ3) is 6.14. The van der Waals surface area contributed by atoms with Crippen LogP contribution in [0.2, 0.25) is 0 Å². The normalized spacial score (nSPS) is 16.5. The summed E-state index contributed by atoms with van der Waals surface area (Å²) in [6.45, 7) is 10.0. The monoisotopic (exact) mass is 438 g/mol. The molecule has 164 valence electrons. The Morgan fingerprint density at radius 3 is 2.52 bits per heavy atom. The van der Waals surface area contributed by atoms with Crippen molar-refractivity contribution in [1.29, 1.82) is 0 Å². The Hall–Kier alpha value is -2.73. The number of carbonyl (C=O) groups is 1. The number of thioether (sulfide) groups is 1. The Bertz CT molecular complexity index is 954. The molecule has 0 aliphatic carbocycles. The Morgan fingerprint density at radius 1 is 1.06 bits per heavy atom. The van der Waals surface area contributed by atoms with Crippen LogP contribution < -0.4 is 9.47 Å². The van der Waals surface area contributed by atoms with Crippen molar-refractivity contribution in [3.8, 4) is 11.5 Å². The lowest BCUT2D eigenvalue weighted by Gasteiger charge is -2.14. The minimum Gasteiger partial charge on any atom is -0.490 e. The van der Waals surface area contributed by atoms with E-state index < -0.39 is 0 Å². The van der Waals surface area contributed by atoms with Gasteiger partial charge in [0.2, 0.25) is 0 Å². The number of hydrogen-bond acceptors (Lipinski definition) is 5. The summed E-state index contributed by atoms with van der Waals surface area (Å²) in [7, 11) is 0. The number of ether oxygens (including phenoxy) is 2. The van der Waals surface area contributed by atoms with E-state index in [2.05, 4.69) is 20.8 Å². The van der Waals surface area contributed by atoms with E-state index in [1.54, 1.807) is 4.90 Å². The molecule has 0 aromatic heterocycles. The second kappa shape index (κ2) is 11.0. The van der Waals surface area contributed by atoms with Crippen molar-refractivity contribution in [2.45, 2.75) is 34.1 Å². The Morgan fingerprint density at radius 2 is 1.84 bits per heavy atom. The number of nitrogens with zero attached hydrogens (tertiary/aromatic N) is 2. The predicted molar refractivity (Wildman–Crippen MR) is 129 cm³/mol. The molecule has 1 heterocycles. The maximum Gasteiger partial charge on any atom is 0.266 e. The molecule has 2 aromatic carbocycles. The molecule has 5 nitrogen and oxygen atoms in total. The molecule has 6 heteroatoms. The fourth-order valence-corrected chi connectivity index (χ4v) is 4.06. The number of carbonyl (C=O) groups excluding carboxylic acids is 1. The smallest absolute Gasteiger partial charge is 0.266 e. The molecule has 0 unspecified atom stereocenters. The number of hydrogen-bond donors (Lipinski definition) is 0. The number of benzene rings is 2. The number of amides is 1. The van der Waals surface area contributed by atoms with Crippen molar-refractivity contribution < 1.29 is 14.3 Å². The quantitative estimate of drug-likeness (QED) is 0.442. The average molecular weight is 439 g/mol. The molecule has 31 heavy (non-hydrogen) atoms. The number of rotatable bonds is 9. The number of para-hydroxylation sites is 1. The first-order valence-corrected chi connectivity index (χ1v) is 11.6. The van der Waals surface area contributed by atoms with Gasteiger partial charge in [-0.15, -0.1) is 0 Å². The van der Waals surface area contributed by atoms with Crippen molar-refractivity contribution in [1.82, 2.24) is 4.90 Å². The van der Waals surface area contributed by atoms with Crippen LogP contribution in [0.1, 0.15) is 39.7 Å². The van der Waals surface area contributed by atoms with Gasteiger partial charge in [-0.05, 0) is 66.9 Å². The minimum absolute atomic E-state index is 0.0142. The minimum atomic E-state index is -0.0142. The SMILES string of the molecule is CCCN1C(=O)/C(=C/c2ccc(OCC(C)C)c(OCC)c2)SC1=Nc1ccccc1. The summed E-state index contributed by atoms with van der Waals surface area (Å²) in [6.07, 6.45) is 2.77. The van der Waals surface area contributed by atoms with E-state index in [0.717, 1.165) is 23.4 Å². The Labute approximate surface area is 189 Å². The number of aliphatic imine (C=N–C) groups is 1. The average Bonchev–Trinajstić information content (AvgIpc) is 3.03. The van der Waals surface area contributed by atoms with Crippen LogP contribution in [0.15, 0.2) is 58.4 Å². The van der Waals surface area contributed by atoms with E-state index in [1.165, 1.54) is 11.8 Å². The summed E-state index contributed by atoms with van der Waals surface area (Å²) >= 11 is 1.41. The van der Waals surface area contributed by atoms with Gasteiger partial charge in [0.1, 0.15) is 0 Å². The van der Waals surface area contributed by atoms with Crippen LogP contribution in [0.25, 0.3) is 6.08 Å². The second-order valence-electron chi connectivity index (χ2n) is 7.64. The summed E-state index contributed by atoms with van der Waals surface area (Å²) in [5.41, 5.74) is 1.74. The Kier molecular flexibility index (Phi) is 8.18. The molecule has 0 N–H and O–H groups in total. The van der Waals surface area contributed by atoms with Crippen molar-refractivity contribution in [2.75, 3.05) is 19.8 Å². The summed E-state index contributed by atoms with van der Waals surface area (Å²) in [5, 5.41) is 0.714. The third-order valence-electron chi connectivity index (χ3n) is 4.45. The highest BCUT2D eigenvalue weighted by molar-refractivity contribution is 8.18. The summed E-state index contributed by atoms with van der Waals surface area (Å²) in [5.74, 6) is 1.83. The summed E-state index contributed by atoms with van der Waals surface area (Å²) in [6, 6.07) is 15.5. The molecule has 0 saturated carbocycles. The van der Waals surface area contributed by atoms with Crippen LogP contribution in [0.4, 0.5) is 5.69 Å². The highest BCUT2D eigenvalue weighted by atomic mass is 32.2. The van der Waals surface area contributed by atoms with Gasteiger partial charge in [-0.1, -0.05) is 45.0 Å². The van der Waals surface area contributed by atoms with Gasteiger partial charge in [-0.25, -0.2) is 4.99 Å². The first-order valence-electron chi connectivity index (χ1n) is 10.8. The van der Waals surface area contributed by atoms with Crippen molar-refractivity contribution >= 4 is 34.6 Å². The molecule has 1 aliphatic rings. The summed E-state index contributed by atoms with van der Waals surface area (Å²) in [4.78, 5) is 20.2. The van der Waals surface area contributed by atoms with Crippen LogP contribution in [-0.4, -0.2) is 35.7 Å². The van der Waals surface area contributed by atoms with Crippen LogP contribution in [0.5, 0.6) is 11.5 Å². The largest absolute Gasteiger partial charge is 0.490 e. The zero-order valence-electron chi connectivity index (χ0n) is 18.6. The van der Waals surface area contributed by atoms with Crippen molar-refractivity contribution in [3.63, 3.8) is 0 Å². The van der Waals surface area contributed by atoms with Crippen molar-refractivity contribution in [2.24, 2.45) is 10.9 Å². The van der Waals surface area contributed by atoms with Gasteiger partial charge in [-0.2, -0.15) is 0 Å². The molecule has 1 aliphatic heterocycles. The van der Waals surface area contributed by atoms with E-state index in [4.69, 9.17) is 14.5 Å². The van der Waals surface area contributed by atoms with E-state index in [0.29, 0.717) is 41.5 Å². The second-order valence-corrected chi connectivity index (χ2v) is 8.65. The first-order chi connectivity index (χ1) is 15.0. The van der Waals surface area contributed by atoms with Crippen LogP contribution in [0.3, 0.4) is 0 Å². The van der Waals surface area contributed by atoms with Crippen molar-refractivity contribution in [3.05, 3.63) is 59.0 Å². The van der Waals surface area contributed by atoms with E-state index >= 15 is 0 Å². The highest BCUT2D eigenvalue weighted by Crippen LogP contribution is 2.36. The van der Waals surface area contributed by atoms with E-state index in [-0.39, 0.29) is 5.91 Å². The molecule has 1 fully saturated rings. The molecule has 0 atom stereocenters. The lowest BCUT2D eigenvalue weighted by atomic mass is 10.1. The van der Waals surface area contributed by atoms with Crippen LogP contribution in [0, 0.1) is 5.92 Å². The topological polar surface area (TPSA) is 51.1 Å². The zero-order valence-corrected chi connectivity index (χ0v) is 19.4. The third-order valence-corrected chi connectivity index (χ3v) is 5.46. The molecule has 0 spiro atoms. The standard InChI is InChI=1S/C25H30N2O3S/c1-5-14-27-24(28)23(31-25(27)26-20-10-8-7-9-11-20)16-19-12-13-21(30-17-18(3)4)22(15-19)29-6-2/h7-13,15-16,18H,5-6,14,17H2,1-4H3/b23-16-,26-25?. The van der Waals surface area contributed by atoms with Gasteiger partial charge < -0.3 is 9.47 Å². The summed E-state index contributed by atoms with van der Waals surface area (Å²) < 4.78 is 11.7. The lowest BCUT2D eigenvalue weighted by molar-refractivity contribution is -0.122. The van der Waals surface area contributed by atoms with Gasteiger partial charge in [0.25, 0.3) is 5.91 Å². The van der Waals surface area contributed by atoms with E-state index in [9.17, 15) is 4.79 Å². The van der Waals surface area contributed by atoms with Gasteiger partial charge in [0.05, 0.1) is 23.8 Å². The lowest BCUT2D eigenvalue weighted by Crippen LogP contribution is -2.29. The molecule has 3 rings (SSSR count). The van der Waals surface area contributed by atoms with E-state index in [1.807, 2.05) is 61.5 Å². The highest BCUT2D eigenvalue weighted by Gasteiger charge is 2.32. The zero-order chi connectivity index (χ0) is 22.2. The molecule has 1 amide bonds. The first kappa shape index (κ1) is 22.9. The fourth-order valence-electron chi connectivity index (χ4n) is 3.03. The molecule has 1 saturated heterocycles. The Balaban J connectivity index is 1.88. The maximum atomic E-state index is 13.1. The van der Waals surface area contributed by atoms with Crippen LogP contribution in [-0.2, 0) is 4.79 Å². The van der Waals surface area contributed by atoms with Gasteiger partial charge >= 0.3 is 0 Å². The number of amidine groups is 1. The molecule has 0 radical (unpaired) electrons. The molecule has 0 bridgehead atoms. The predicted octanol–water partition coefficient (Wildman–Crippen LogP) is 6.13.